The first-order chi connectivity index (χ1) is 11.7. The molecule has 1 amide bonds. The van der Waals surface area contributed by atoms with Crippen molar-refractivity contribution in [3.8, 4) is 23.3 Å². The average Bonchev–Trinajstić information content (AvgIpc) is 2.61. The summed E-state index contributed by atoms with van der Waals surface area (Å²) in [5, 5.41) is 11.4. The van der Waals surface area contributed by atoms with Crippen LogP contribution in [0.3, 0.4) is 0 Å². The Bertz CT molecular complexity index is 736. The van der Waals surface area contributed by atoms with E-state index in [0.29, 0.717) is 29.4 Å². The molecule has 0 spiro atoms. The molecule has 2 aromatic carbocycles. The zero-order chi connectivity index (χ0) is 17.4. The number of carbonyl (C=O) groups is 1. The Balaban J connectivity index is 1.92. The Morgan fingerprint density at radius 1 is 1.08 bits per heavy atom. The lowest BCUT2D eigenvalue weighted by Crippen LogP contribution is -2.20. The number of methoxy groups -OCH3 is 2. The molecule has 6 nitrogen and oxygen atoms in total. The number of carbonyl (C=O) groups excluding carboxylic acids is 1. The lowest BCUT2D eigenvalue weighted by atomic mass is 10.2. The molecule has 0 aromatic heterocycles. The standard InChI is InChI=1S/C18H18N2O4/c1-22-15-7-8-16(17(11-15)23-2)20-18(21)12-24-14-5-3-13(4-6-14)9-10-19/h3-8,11H,9,12H2,1-2H3,(H,20,21). The molecule has 0 heterocycles. The van der Waals surface area contributed by atoms with Gasteiger partial charge in [-0.05, 0) is 29.8 Å². The summed E-state index contributed by atoms with van der Waals surface area (Å²) in [7, 11) is 3.08. The predicted molar refractivity (Wildman–Crippen MR) is 89.4 cm³/mol. The van der Waals surface area contributed by atoms with Gasteiger partial charge in [0.1, 0.15) is 17.2 Å². The van der Waals surface area contributed by atoms with E-state index in [2.05, 4.69) is 11.4 Å². The van der Waals surface area contributed by atoms with Crippen LogP contribution in [0.4, 0.5) is 5.69 Å². The molecule has 0 aliphatic rings. The normalized spacial score (nSPS) is 9.71. The third-order valence-electron chi connectivity index (χ3n) is 3.26. The number of nitrogens with one attached hydrogen (secondary N) is 1. The minimum atomic E-state index is -0.306. The van der Waals surface area contributed by atoms with Crippen LogP contribution in [0.5, 0.6) is 17.2 Å². The van der Waals surface area contributed by atoms with Crippen LogP contribution in [0.25, 0.3) is 0 Å². The van der Waals surface area contributed by atoms with Crippen LogP contribution in [0.1, 0.15) is 5.56 Å². The highest BCUT2D eigenvalue weighted by molar-refractivity contribution is 5.93. The molecule has 0 atom stereocenters. The molecule has 0 saturated carbocycles. The number of nitriles is 1. The van der Waals surface area contributed by atoms with E-state index < -0.39 is 0 Å². The summed E-state index contributed by atoms with van der Waals surface area (Å²) < 4.78 is 15.8. The van der Waals surface area contributed by atoms with Gasteiger partial charge < -0.3 is 19.5 Å². The maximum absolute atomic E-state index is 12.0. The van der Waals surface area contributed by atoms with Crippen molar-refractivity contribution < 1.29 is 19.0 Å². The van der Waals surface area contributed by atoms with Gasteiger partial charge in [-0.15, -0.1) is 0 Å². The third-order valence-corrected chi connectivity index (χ3v) is 3.26. The molecule has 0 unspecified atom stereocenters. The van der Waals surface area contributed by atoms with E-state index in [-0.39, 0.29) is 12.5 Å². The number of benzene rings is 2. The number of nitrogens with zero attached hydrogens (tertiary/aromatic N) is 1. The first kappa shape index (κ1) is 17.2. The highest BCUT2D eigenvalue weighted by Gasteiger charge is 2.09. The Hall–Kier alpha value is -3.20. The zero-order valence-corrected chi connectivity index (χ0v) is 13.5. The summed E-state index contributed by atoms with van der Waals surface area (Å²) in [5.41, 5.74) is 1.44. The van der Waals surface area contributed by atoms with Gasteiger partial charge in [0, 0.05) is 6.07 Å². The van der Waals surface area contributed by atoms with Crippen molar-refractivity contribution in [2.24, 2.45) is 0 Å². The molecule has 0 aliphatic heterocycles. The summed E-state index contributed by atoms with van der Waals surface area (Å²) in [5.74, 6) is 1.40. The number of anilines is 1. The molecule has 1 N–H and O–H groups in total. The van der Waals surface area contributed by atoms with Gasteiger partial charge in [0.2, 0.25) is 0 Å². The fourth-order valence-corrected chi connectivity index (χ4v) is 2.03. The largest absolute Gasteiger partial charge is 0.497 e. The highest BCUT2D eigenvalue weighted by atomic mass is 16.5. The topological polar surface area (TPSA) is 80.6 Å². The summed E-state index contributed by atoms with van der Waals surface area (Å²) in [6.45, 7) is -0.132. The van der Waals surface area contributed by atoms with E-state index in [1.54, 1.807) is 49.6 Å². The maximum atomic E-state index is 12.0. The Morgan fingerprint density at radius 3 is 2.42 bits per heavy atom. The van der Waals surface area contributed by atoms with Crippen LogP contribution in [0.2, 0.25) is 0 Å². The van der Waals surface area contributed by atoms with E-state index in [9.17, 15) is 4.79 Å². The molecule has 2 rings (SSSR count). The predicted octanol–water partition coefficient (Wildman–Crippen LogP) is 2.79. The monoisotopic (exact) mass is 326 g/mol. The summed E-state index contributed by atoms with van der Waals surface area (Å²) in [6.07, 6.45) is 0.345. The van der Waals surface area contributed by atoms with Gasteiger partial charge >= 0.3 is 0 Å². The quantitative estimate of drug-likeness (QED) is 0.846. The molecule has 124 valence electrons. The average molecular weight is 326 g/mol. The second-order valence-electron chi connectivity index (χ2n) is 4.88. The van der Waals surface area contributed by atoms with Gasteiger partial charge in [0.25, 0.3) is 5.91 Å². The fraction of sp³-hybridized carbons (Fsp3) is 0.222. The lowest BCUT2D eigenvalue weighted by molar-refractivity contribution is -0.118. The fourth-order valence-electron chi connectivity index (χ4n) is 2.03. The minimum absolute atomic E-state index is 0.132. The van der Waals surface area contributed by atoms with Crippen LogP contribution < -0.4 is 19.5 Å². The highest BCUT2D eigenvalue weighted by Crippen LogP contribution is 2.28. The molecule has 24 heavy (non-hydrogen) atoms. The van der Waals surface area contributed by atoms with Crippen molar-refractivity contribution in [2.45, 2.75) is 6.42 Å². The molecular weight excluding hydrogens is 308 g/mol. The van der Waals surface area contributed by atoms with Gasteiger partial charge in [-0.25, -0.2) is 0 Å². The van der Waals surface area contributed by atoms with Crippen molar-refractivity contribution in [1.82, 2.24) is 0 Å². The van der Waals surface area contributed by atoms with E-state index in [1.165, 1.54) is 7.11 Å². The number of rotatable bonds is 7. The van der Waals surface area contributed by atoms with Gasteiger partial charge in [-0.2, -0.15) is 5.26 Å². The molecule has 0 aliphatic carbocycles. The molecule has 0 fully saturated rings. The number of ether oxygens (including phenoxy) is 3. The SMILES string of the molecule is COc1ccc(NC(=O)COc2ccc(CC#N)cc2)c(OC)c1. The van der Waals surface area contributed by atoms with Crippen molar-refractivity contribution in [2.75, 3.05) is 26.1 Å². The van der Waals surface area contributed by atoms with Gasteiger partial charge in [-0.3, -0.25) is 4.79 Å². The Labute approximate surface area is 140 Å². The zero-order valence-electron chi connectivity index (χ0n) is 13.5. The minimum Gasteiger partial charge on any atom is -0.497 e. The van der Waals surface area contributed by atoms with E-state index in [0.717, 1.165) is 5.56 Å². The first-order valence-corrected chi connectivity index (χ1v) is 7.27. The Morgan fingerprint density at radius 2 is 1.79 bits per heavy atom. The van der Waals surface area contributed by atoms with Crippen LogP contribution in [-0.2, 0) is 11.2 Å². The smallest absolute Gasteiger partial charge is 0.262 e. The van der Waals surface area contributed by atoms with Crippen molar-refractivity contribution in [3.63, 3.8) is 0 Å². The van der Waals surface area contributed by atoms with E-state index in [4.69, 9.17) is 19.5 Å². The third kappa shape index (κ3) is 4.65. The molecular formula is C18H18N2O4. The maximum Gasteiger partial charge on any atom is 0.262 e. The van der Waals surface area contributed by atoms with Crippen LogP contribution >= 0.6 is 0 Å². The van der Waals surface area contributed by atoms with E-state index >= 15 is 0 Å². The molecule has 0 radical (unpaired) electrons. The van der Waals surface area contributed by atoms with Crippen LogP contribution in [0, 0.1) is 11.3 Å². The molecule has 2 aromatic rings. The molecule has 0 saturated heterocycles. The van der Waals surface area contributed by atoms with Crippen molar-refractivity contribution in [1.29, 1.82) is 5.26 Å². The Kier molecular flexibility index (Phi) is 6.03. The second-order valence-corrected chi connectivity index (χ2v) is 4.88. The van der Waals surface area contributed by atoms with Gasteiger partial charge in [0.05, 0.1) is 32.4 Å². The first-order valence-electron chi connectivity index (χ1n) is 7.27. The second kappa shape index (κ2) is 8.44. The van der Waals surface area contributed by atoms with E-state index in [1.807, 2.05) is 0 Å². The summed E-state index contributed by atoms with van der Waals surface area (Å²) in [4.78, 5) is 12.0. The van der Waals surface area contributed by atoms with Crippen molar-refractivity contribution in [3.05, 3.63) is 48.0 Å². The number of amides is 1. The lowest BCUT2D eigenvalue weighted by Gasteiger charge is -2.12. The summed E-state index contributed by atoms with van der Waals surface area (Å²) >= 11 is 0. The molecule has 0 bridgehead atoms. The van der Waals surface area contributed by atoms with Crippen LogP contribution in [-0.4, -0.2) is 26.7 Å². The molecule has 6 heteroatoms. The van der Waals surface area contributed by atoms with Gasteiger partial charge in [0.15, 0.2) is 6.61 Å². The van der Waals surface area contributed by atoms with Gasteiger partial charge in [-0.1, -0.05) is 12.1 Å². The van der Waals surface area contributed by atoms with Crippen LogP contribution in [0.15, 0.2) is 42.5 Å². The van der Waals surface area contributed by atoms with Crippen molar-refractivity contribution >= 4 is 11.6 Å². The summed E-state index contributed by atoms with van der Waals surface area (Å²) in [6, 6.07) is 14.2. The number of hydrogen-bond acceptors (Lipinski definition) is 5. The number of hydrogen-bond donors (Lipinski definition) is 1.